The van der Waals surface area contributed by atoms with Crippen LogP contribution in [0.25, 0.3) is 0 Å². The summed E-state index contributed by atoms with van der Waals surface area (Å²) in [5.41, 5.74) is 5.72. The quantitative estimate of drug-likeness (QED) is 0.858. The molecule has 2 rings (SSSR count). The Balaban J connectivity index is 2.17. The van der Waals surface area contributed by atoms with Gasteiger partial charge >= 0.3 is 0 Å². The smallest absolute Gasteiger partial charge is 0.184 e. The molecule has 0 amide bonds. The van der Waals surface area contributed by atoms with Crippen molar-refractivity contribution in [3.05, 3.63) is 0 Å². The van der Waals surface area contributed by atoms with Crippen molar-refractivity contribution in [1.29, 1.82) is 0 Å². The molecule has 6 nitrogen and oxygen atoms in total. The fourth-order valence-corrected chi connectivity index (χ4v) is 4.62. The maximum Gasteiger partial charge on any atom is 0.184 e. The molecule has 0 bridgehead atoms. The van der Waals surface area contributed by atoms with E-state index in [0.29, 0.717) is 10.9 Å². The molecule has 114 valence electrons. The molecule has 0 radical (unpaired) electrons. The van der Waals surface area contributed by atoms with Crippen LogP contribution in [0.1, 0.15) is 26.7 Å². The highest BCUT2D eigenvalue weighted by molar-refractivity contribution is 7.91. The predicted molar refractivity (Wildman–Crippen MR) is 80.9 cm³/mol. The van der Waals surface area contributed by atoms with Crippen LogP contribution in [0.15, 0.2) is 4.90 Å². The lowest BCUT2D eigenvalue weighted by Crippen LogP contribution is -2.31. The van der Waals surface area contributed by atoms with E-state index in [9.17, 15) is 8.42 Å². The van der Waals surface area contributed by atoms with Gasteiger partial charge in [-0.25, -0.2) is 8.42 Å². The number of aromatic nitrogens is 1. The van der Waals surface area contributed by atoms with E-state index in [4.69, 9.17) is 10.5 Å². The number of nitrogens with one attached hydrogen (secondary N) is 1. The summed E-state index contributed by atoms with van der Waals surface area (Å²) in [6.45, 7) is 5.20. The summed E-state index contributed by atoms with van der Waals surface area (Å²) in [6, 6.07) is 0.171. The SMILES string of the molecule is CCS(=O)(=O)c1c(N)nsc1NC(C)C1CCOCC1. The normalized spacial score (nSPS) is 18.9. The van der Waals surface area contributed by atoms with E-state index in [1.54, 1.807) is 6.92 Å². The number of nitrogen functional groups attached to an aromatic ring is 1. The van der Waals surface area contributed by atoms with E-state index < -0.39 is 9.84 Å². The van der Waals surface area contributed by atoms with Crippen molar-refractivity contribution in [2.45, 2.75) is 37.6 Å². The van der Waals surface area contributed by atoms with Crippen molar-refractivity contribution in [1.82, 2.24) is 4.37 Å². The Morgan fingerprint density at radius 2 is 2.15 bits per heavy atom. The van der Waals surface area contributed by atoms with Crippen molar-refractivity contribution in [3.8, 4) is 0 Å². The van der Waals surface area contributed by atoms with Gasteiger partial charge in [0.2, 0.25) is 0 Å². The van der Waals surface area contributed by atoms with E-state index in [1.165, 1.54) is 0 Å². The monoisotopic (exact) mass is 319 g/mol. The van der Waals surface area contributed by atoms with Gasteiger partial charge in [-0.1, -0.05) is 6.92 Å². The van der Waals surface area contributed by atoms with Crippen LogP contribution in [0.2, 0.25) is 0 Å². The highest BCUT2D eigenvalue weighted by Crippen LogP contribution is 2.34. The maximum absolute atomic E-state index is 12.1. The summed E-state index contributed by atoms with van der Waals surface area (Å²) in [5.74, 6) is 0.596. The molecule has 1 fully saturated rings. The zero-order chi connectivity index (χ0) is 14.8. The summed E-state index contributed by atoms with van der Waals surface area (Å²) in [4.78, 5) is 0.156. The molecular formula is C12H21N3O3S2. The van der Waals surface area contributed by atoms with Crippen molar-refractivity contribution < 1.29 is 13.2 Å². The topological polar surface area (TPSA) is 94.3 Å². The Morgan fingerprint density at radius 1 is 1.50 bits per heavy atom. The molecule has 0 spiro atoms. The summed E-state index contributed by atoms with van der Waals surface area (Å²) in [6.07, 6.45) is 1.97. The first-order valence-electron chi connectivity index (χ1n) is 6.78. The third kappa shape index (κ3) is 3.24. The highest BCUT2D eigenvalue weighted by Gasteiger charge is 2.27. The average molecular weight is 319 g/mol. The minimum atomic E-state index is -3.36. The molecule has 8 heteroatoms. The number of nitrogens with zero attached hydrogens (tertiary/aromatic N) is 1. The van der Waals surface area contributed by atoms with Crippen molar-refractivity contribution in [2.75, 3.05) is 30.0 Å². The molecule has 2 heterocycles. The number of hydrogen-bond donors (Lipinski definition) is 2. The van der Waals surface area contributed by atoms with Crippen LogP contribution in [-0.2, 0) is 14.6 Å². The highest BCUT2D eigenvalue weighted by atomic mass is 32.2. The molecule has 1 atom stereocenters. The van der Waals surface area contributed by atoms with Crippen LogP contribution in [0, 0.1) is 5.92 Å². The molecule has 0 aromatic carbocycles. The number of anilines is 2. The zero-order valence-corrected chi connectivity index (χ0v) is 13.4. The van der Waals surface area contributed by atoms with Gasteiger partial charge in [-0.15, -0.1) is 0 Å². The van der Waals surface area contributed by atoms with Gasteiger partial charge in [0.15, 0.2) is 15.7 Å². The molecule has 1 aliphatic rings. The summed E-state index contributed by atoms with van der Waals surface area (Å²) in [5, 5.41) is 3.84. The molecule has 1 aliphatic heterocycles. The van der Waals surface area contributed by atoms with Crippen molar-refractivity contribution in [2.24, 2.45) is 5.92 Å². The number of hydrogen-bond acceptors (Lipinski definition) is 7. The van der Waals surface area contributed by atoms with Gasteiger partial charge < -0.3 is 15.8 Å². The van der Waals surface area contributed by atoms with Crippen LogP contribution >= 0.6 is 11.5 Å². The van der Waals surface area contributed by atoms with Gasteiger partial charge in [0, 0.05) is 19.3 Å². The van der Waals surface area contributed by atoms with Gasteiger partial charge in [-0.2, -0.15) is 4.37 Å². The summed E-state index contributed by atoms with van der Waals surface area (Å²) < 4.78 is 33.5. The first-order chi connectivity index (χ1) is 9.45. The first-order valence-corrected chi connectivity index (χ1v) is 9.20. The van der Waals surface area contributed by atoms with Crippen LogP contribution in [-0.4, -0.2) is 37.8 Å². The van der Waals surface area contributed by atoms with Gasteiger partial charge in [0.1, 0.15) is 9.90 Å². The fourth-order valence-electron chi connectivity index (χ4n) is 2.37. The van der Waals surface area contributed by atoms with E-state index in [2.05, 4.69) is 16.6 Å². The Hall–Kier alpha value is -0.860. The van der Waals surface area contributed by atoms with Gasteiger partial charge in [0.05, 0.1) is 5.75 Å². The second-order valence-corrected chi connectivity index (χ2v) is 8.00. The molecule has 3 N–H and O–H groups in total. The van der Waals surface area contributed by atoms with Crippen LogP contribution in [0.4, 0.5) is 10.8 Å². The second kappa shape index (κ2) is 6.28. The van der Waals surface area contributed by atoms with E-state index in [0.717, 1.165) is 37.6 Å². The van der Waals surface area contributed by atoms with Gasteiger partial charge in [-0.3, -0.25) is 0 Å². The predicted octanol–water partition coefficient (Wildman–Crippen LogP) is 1.75. The van der Waals surface area contributed by atoms with Crippen LogP contribution in [0.5, 0.6) is 0 Å². The number of sulfone groups is 1. The third-order valence-corrected chi connectivity index (χ3v) is 6.41. The Bertz CT molecular complexity index is 550. The average Bonchev–Trinajstić information content (AvgIpc) is 2.81. The standard InChI is InChI=1S/C12H21N3O3S2/c1-3-20(16,17)10-11(13)15-19-12(10)14-8(2)9-4-6-18-7-5-9/h8-9,14H,3-7H2,1-2H3,(H2,13,15). The Labute approximate surface area is 123 Å². The van der Waals surface area contributed by atoms with Crippen molar-refractivity contribution >= 4 is 32.2 Å². The van der Waals surface area contributed by atoms with E-state index in [1.807, 2.05) is 0 Å². The maximum atomic E-state index is 12.1. The number of nitrogens with two attached hydrogens (primary N) is 1. The van der Waals surface area contributed by atoms with Gasteiger partial charge in [0.25, 0.3) is 0 Å². The molecular weight excluding hydrogens is 298 g/mol. The third-order valence-electron chi connectivity index (χ3n) is 3.70. The first kappa shape index (κ1) is 15.5. The molecule has 1 aromatic heterocycles. The molecule has 0 aliphatic carbocycles. The lowest BCUT2D eigenvalue weighted by molar-refractivity contribution is 0.0622. The molecule has 20 heavy (non-hydrogen) atoms. The minimum Gasteiger partial charge on any atom is -0.382 e. The molecule has 1 unspecified atom stereocenters. The number of ether oxygens (including phenoxy) is 1. The van der Waals surface area contributed by atoms with Crippen molar-refractivity contribution in [3.63, 3.8) is 0 Å². The Kier molecular flexibility index (Phi) is 4.87. The lowest BCUT2D eigenvalue weighted by Gasteiger charge is -2.28. The second-order valence-electron chi connectivity index (χ2n) is 5.01. The van der Waals surface area contributed by atoms with Gasteiger partial charge in [-0.05, 0) is 37.2 Å². The molecule has 1 aromatic rings. The minimum absolute atomic E-state index is 0.0238. The van der Waals surface area contributed by atoms with E-state index >= 15 is 0 Å². The summed E-state index contributed by atoms with van der Waals surface area (Å²) in [7, 11) is -3.36. The van der Waals surface area contributed by atoms with E-state index in [-0.39, 0.29) is 22.5 Å². The summed E-state index contributed by atoms with van der Waals surface area (Å²) >= 11 is 1.11. The number of rotatable bonds is 5. The molecule has 1 saturated heterocycles. The zero-order valence-electron chi connectivity index (χ0n) is 11.8. The van der Waals surface area contributed by atoms with Crippen LogP contribution < -0.4 is 11.1 Å². The molecule has 0 saturated carbocycles. The largest absolute Gasteiger partial charge is 0.382 e. The van der Waals surface area contributed by atoms with Crippen LogP contribution in [0.3, 0.4) is 0 Å². The fraction of sp³-hybridized carbons (Fsp3) is 0.750. The lowest BCUT2D eigenvalue weighted by atomic mass is 9.93. The Morgan fingerprint density at radius 3 is 2.75 bits per heavy atom.